The fourth-order valence-electron chi connectivity index (χ4n) is 2.82. The third-order valence-electron chi connectivity index (χ3n) is 4.31. The second kappa shape index (κ2) is 7.51. The van der Waals surface area contributed by atoms with Crippen LogP contribution in [0.25, 0.3) is 0 Å². The molecule has 1 N–H and O–H groups in total. The standard InChI is InChI=1S/C19H19F2N3O2/c1-13-2-7-16(21)17(12-13)22-19(26)24-10-8-23(9-11-24)18(25)14-3-5-15(20)6-4-14/h2-7,12H,8-11H2,1H3,(H,22,26). The lowest BCUT2D eigenvalue weighted by Crippen LogP contribution is -2.51. The molecule has 0 atom stereocenters. The van der Waals surface area contributed by atoms with Crippen molar-refractivity contribution in [2.45, 2.75) is 6.92 Å². The lowest BCUT2D eigenvalue weighted by Gasteiger charge is -2.34. The first-order chi connectivity index (χ1) is 12.4. The Morgan fingerprint density at radius 1 is 0.923 bits per heavy atom. The number of aryl methyl sites for hydroxylation is 1. The second-order valence-electron chi connectivity index (χ2n) is 6.20. The van der Waals surface area contributed by atoms with Crippen LogP contribution < -0.4 is 5.32 Å². The van der Waals surface area contributed by atoms with Gasteiger partial charge in [0.1, 0.15) is 11.6 Å². The zero-order chi connectivity index (χ0) is 18.7. The number of nitrogens with zero attached hydrogens (tertiary/aromatic N) is 2. The molecule has 0 bridgehead atoms. The maximum absolute atomic E-state index is 13.8. The number of benzene rings is 2. The molecule has 3 rings (SSSR count). The third-order valence-corrected chi connectivity index (χ3v) is 4.31. The van der Waals surface area contributed by atoms with Crippen molar-refractivity contribution in [2.75, 3.05) is 31.5 Å². The van der Waals surface area contributed by atoms with Crippen LogP contribution in [0.3, 0.4) is 0 Å². The number of hydrogen-bond donors (Lipinski definition) is 1. The monoisotopic (exact) mass is 359 g/mol. The van der Waals surface area contributed by atoms with E-state index in [4.69, 9.17) is 0 Å². The van der Waals surface area contributed by atoms with E-state index < -0.39 is 17.7 Å². The summed E-state index contributed by atoms with van der Waals surface area (Å²) in [6.45, 7) is 3.22. The number of rotatable bonds is 2. The maximum Gasteiger partial charge on any atom is 0.322 e. The SMILES string of the molecule is Cc1ccc(F)c(NC(=O)N2CCN(C(=O)c3ccc(F)cc3)CC2)c1. The first kappa shape index (κ1) is 17.8. The van der Waals surface area contributed by atoms with Crippen LogP contribution in [0.1, 0.15) is 15.9 Å². The molecule has 0 aliphatic carbocycles. The first-order valence-electron chi connectivity index (χ1n) is 8.31. The number of carbonyl (C=O) groups is 2. The summed E-state index contributed by atoms with van der Waals surface area (Å²) in [5, 5.41) is 2.57. The van der Waals surface area contributed by atoms with Gasteiger partial charge in [-0.05, 0) is 48.9 Å². The fraction of sp³-hybridized carbons (Fsp3) is 0.263. The molecule has 2 aromatic rings. The Hall–Kier alpha value is -2.96. The Morgan fingerprint density at radius 2 is 1.54 bits per heavy atom. The van der Waals surface area contributed by atoms with Gasteiger partial charge in [-0.25, -0.2) is 13.6 Å². The van der Waals surface area contributed by atoms with Gasteiger partial charge in [-0.1, -0.05) is 6.07 Å². The number of carbonyl (C=O) groups excluding carboxylic acids is 2. The zero-order valence-corrected chi connectivity index (χ0v) is 14.3. The molecule has 1 aliphatic heterocycles. The topological polar surface area (TPSA) is 52.7 Å². The second-order valence-corrected chi connectivity index (χ2v) is 6.20. The van der Waals surface area contributed by atoms with E-state index in [0.717, 1.165) is 5.56 Å². The molecule has 0 saturated carbocycles. The smallest absolute Gasteiger partial charge is 0.322 e. The average molecular weight is 359 g/mol. The summed E-state index contributed by atoms with van der Waals surface area (Å²) < 4.78 is 26.7. The minimum atomic E-state index is -0.492. The number of halogens is 2. The molecular formula is C19H19F2N3O2. The summed E-state index contributed by atoms with van der Waals surface area (Å²) >= 11 is 0. The maximum atomic E-state index is 13.8. The van der Waals surface area contributed by atoms with Crippen molar-refractivity contribution in [1.82, 2.24) is 9.80 Å². The van der Waals surface area contributed by atoms with E-state index in [-0.39, 0.29) is 11.6 Å². The van der Waals surface area contributed by atoms with E-state index in [1.54, 1.807) is 17.0 Å². The number of urea groups is 1. The molecule has 26 heavy (non-hydrogen) atoms. The lowest BCUT2D eigenvalue weighted by molar-refractivity contribution is 0.0671. The largest absolute Gasteiger partial charge is 0.335 e. The summed E-state index contributed by atoms with van der Waals surface area (Å²) in [6, 6.07) is 9.48. The van der Waals surface area contributed by atoms with E-state index in [2.05, 4.69) is 5.32 Å². The highest BCUT2D eigenvalue weighted by Crippen LogP contribution is 2.17. The number of amides is 3. The Morgan fingerprint density at radius 3 is 2.19 bits per heavy atom. The average Bonchev–Trinajstić information content (AvgIpc) is 2.65. The lowest BCUT2D eigenvalue weighted by atomic mass is 10.2. The summed E-state index contributed by atoms with van der Waals surface area (Å²) in [6.07, 6.45) is 0. The van der Waals surface area contributed by atoms with Crippen molar-refractivity contribution < 1.29 is 18.4 Å². The first-order valence-corrected chi connectivity index (χ1v) is 8.31. The predicted molar refractivity (Wildman–Crippen MR) is 94.0 cm³/mol. The molecule has 0 aromatic heterocycles. The highest BCUT2D eigenvalue weighted by Gasteiger charge is 2.25. The van der Waals surface area contributed by atoms with Crippen LogP contribution >= 0.6 is 0 Å². The number of hydrogen-bond acceptors (Lipinski definition) is 2. The van der Waals surface area contributed by atoms with E-state index in [1.165, 1.54) is 35.2 Å². The van der Waals surface area contributed by atoms with Gasteiger partial charge < -0.3 is 15.1 Å². The van der Waals surface area contributed by atoms with Gasteiger partial charge >= 0.3 is 6.03 Å². The highest BCUT2D eigenvalue weighted by atomic mass is 19.1. The molecule has 1 heterocycles. The van der Waals surface area contributed by atoms with Gasteiger partial charge in [0.25, 0.3) is 5.91 Å². The summed E-state index contributed by atoms with van der Waals surface area (Å²) in [7, 11) is 0. The molecule has 136 valence electrons. The Labute approximate surface area is 150 Å². The molecule has 3 amide bonds. The summed E-state index contributed by atoms with van der Waals surface area (Å²) in [4.78, 5) is 27.9. The molecule has 1 fully saturated rings. The van der Waals surface area contributed by atoms with E-state index in [1.807, 2.05) is 6.92 Å². The molecule has 5 nitrogen and oxygen atoms in total. The van der Waals surface area contributed by atoms with Crippen LogP contribution in [-0.4, -0.2) is 47.9 Å². The number of nitrogens with one attached hydrogen (secondary N) is 1. The van der Waals surface area contributed by atoms with E-state index in [9.17, 15) is 18.4 Å². The van der Waals surface area contributed by atoms with Crippen molar-refractivity contribution in [1.29, 1.82) is 0 Å². The van der Waals surface area contributed by atoms with Gasteiger partial charge in [0.2, 0.25) is 0 Å². The molecule has 0 radical (unpaired) electrons. The van der Waals surface area contributed by atoms with Gasteiger partial charge in [0, 0.05) is 31.7 Å². The van der Waals surface area contributed by atoms with Gasteiger partial charge in [-0.2, -0.15) is 0 Å². The molecule has 7 heteroatoms. The molecular weight excluding hydrogens is 340 g/mol. The summed E-state index contributed by atoms with van der Waals surface area (Å²) in [5.41, 5.74) is 1.39. The molecule has 2 aromatic carbocycles. The number of anilines is 1. The van der Waals surface area contributed by atoms with Gasteiger partial charge in [0.15, 0.2) is 0 Å². The van der Waals surface area contributed by atoms with Crippen LogP contribution in [0.2, 0.25) is 0 Å². The quantitative estimate of drug-likeness (QED) is 0.895. The van der Waals surface area contributed by atoms with Crippen molar-refractivity contribution in [3.63, 3.8) is 0 Å². The van der Waals surface area contributed by atoms with Crippen molar-refractivity contribution >= 4 is 17.6 Å². The normalized spacial score (nSPS) is 14.3. The third kappa shape index (κ3) is 3.99. The molecule has 0 spiro atoms. The van der Waals surface area contributed by atoms with Crippen LogP contribution in [0.5, 0.6) is 0 Å². The number of piperazine rings is 1. The van der Waals surface area contributed by atoms with Gasteiger partial charge in [0.05, 0.1) is 5.69 Å². The Kier molecular flexibility index (Phi) is 5.16. The molecule has 1 aliphatic rings. The van der Waals surface area contributed by atoms with Crippen LogP contribution in [0.15, 0.2) is 42.5 Å². The van der Waals surface area contributed by atoms with E-state index >= 15 is 0 Å². The van der Waals surface area contributed by atoms with Crippen molar-refractivity contribution in [3.8, 4) is 0 Å². The highest BCUT2D eigenvalue weighted by molar-refractivity contribution is 5.94. The van der Waals surface area contributed by atoms with Crippen LogP contribution in [0, 0.1) is 18.6 Å². The van der Waals surface area contributed by atoms with Gasteiger partial charge in [-0.15, -0.1) is 0 Å². The predicted octanol–water partition coefficient (Wildman–Crippen LogP) is 3.26. The minimum Gasteiger partial charge on any atom is -0.335 e. The van der Waals surface area contributed by atoms with Crippen LogP contribution in [-0.2, 0) is 0 Å². The zero-order valence-electron chi connectivity index (χ0n) is 14.3. The van der Waals surface area contributed by atoms with Gasteiger partial charge in [-0.3, -0.25) is 4.79 Å². The summed E-state index contributed by atoms with van der Waals surface area (Å²) in [5.74, 6) is -1.09. The Balaban J connectivity index is 1.57. The Bertz CT molecular complexity index is 816. The molecule has 1 saturated heterocycles. The molecule has 0 unspecified atom stereocenters. The fourth-order valence-corrected chi connectivity index (χ4v) is 2.82. The van der Waals surface area contributed by atoms with Crippen LogP contribution in [0.4, 0.5) is 19.3 Å². The van der Waals surface area contributed by atoms with Crippen molar-refractivity contribution in [2.24, 2.45) is 0 Å². The van der Waals surface area contributed by atoms with Crippen molar-refractivity contribution in [3.05, 3.63) is 65.2 Å². The minimum absolute atomic E-state index is 0.139. The van der Waals surface area contributed by atoms with E-state index in [0.29, 0.717) is 31.7 Å².